The Kier molecular flexibility index (Phi) is 5.70. The van der Waals surface area contributed by atoms with Crippen LogP contribution < -0.4 is 10.6 Å². The van der Waals surface area contributed by atoms with Gasteiger partial charge in [0.2, 0.25) is 5.82 Å². The van der Waals surface area contributed by atoms with Crippen LogP contribution in [0.4, 0.5) is 0 Å². The summed E-state index contributed by atoms with van der Waals surface area (Å²) in [5.41, 5.74) is 1.45. The van der Waals surface area contributed by atoms with Gasteiger partial charge >= 0.3 is 0 Å². The lowest BCUT2D eigenvalue weighted by Crippen LogP contribution is -2.40. The summed E-state index contributed by atoms with van der Waals surface area (Å²) in [6, 6.07) is 12.9. The van der Waals surface area contributed by atoms with Crippen molar-refractivity contribution < 1.29 is 9.59 Å². The Morgan fingerprint density at radius 3 is 2.61 bits per heavy atom. The number of imidazole rings is 1. The van der Waals surface area contributed by atoms with E-state index < -0.39 is 5.54 Å². The summed E-state index contributed by atoms with van der Waals surface area (Å²) >= 11 is 5.99. The third-order valence-corrected chi connectivity index (χ3v) is 4.28. The summed E-state index contributed by atoms with van der Waals surface area (Å²) in [6.45, 7) is 6.12. The number of amides is 2. The summed E-state index contributed by atoms with van der Waals surface area (Å²) < 4.78 is 1.63. The Balaban J connectivity index is 1.78. The second-order valence-electron chi connectivity index (χ2n) is 7.58. The number of nitrogens with zero attached hydrogens (tertiary/aromatic N) is 2. The summed E-state index contributed by atoms with van der Waals surface area (Å²) in [5, 5.41) is 6.42. The monoisotopic (exact) mass is 398 g/mol. The second-order valence-corrected chi connectivity index (χ2v) is 8.02. The average Bonchev–Trinajstić information content (AvgIpc) is 3.00. The Morgan fingerprint density at radius 1 is 1.11 bits per heavy atom. The molecule has 0 saturated heterocycles. The van der Waals surface area contributed by atoms with E-state index in [1.165, 1.54) is 0 Å². The van der Waals surface area contributed by atoms with E-state index in [9.17, 15) is 9.59 Å². The predicted octanol–water partition coefficient (Wildman–Crippen LogP) is 3.49. The van der Waals surface area contributed by atoms with Crippen molar-refractivity contribution in [2.24, 2.45) is 0 Å². The van der Waals surface area contributed by atoms with E-state index in [0.717, 1.165) is 5.56 Å². The fourth-order valence-electron chi connectivity index (χ4n) is 2.86. The van der Waals surface area contributed by atoms with Crippen molar-refractivity contribution in [1.29, 1.82) is 0 Å². The van der Waals surface area contributed by atoms with Gasteiger partial charge in [-0.25, -0.2) is 4.98 Å². The number of carbonyl (C=O) groups excluding carboxylic acids is 2. The van der Waals surface area contributed by atoms with E-state index in [1.807, 2.05) is 51.1 Å². The first-order chi connectivity index (χ1) is 13.2. The van der Waals surface area contributed by atoms with Crippen LogP contribution in [0.5, 0.6) is 0 Å². The zero-order chi connectivity index (χ0) is 20.3. The molecule has 1 aromatic carbocycles. The number of nitrogens with one attached hydrogen (secondary N) is 2. The van der Waals surface area contributed by atoms with Gasteiger partial charge in [-0.1, -0.05) is 29.8 Å². The molecular formula is C21H23ClN4O2. The third kappa shape index (κ3) is 4.70. The van der Waals surface area contributed by atoms with Crippen LogP contribution in [0.1, 0.15) is 47.4 Å². The van der Waals surface area contributed by atoms with E-state index in [2.05, 4.69) is 15.6 Å². The highest BCUT2D eigenvalue weighted by Crippen LogP contribution is 2.15. The normalized spacial score (nSPS) is 11.4. The SMILES string of the molecule is CC(C)(C)NC(=O)c1nc(C(=O)NCCc2cccc(Cl)c2)n2ccccc12. The lowest BCUT2D eigenvalue weighted by atomic mass is 10.1. The number of halogens is 1. The molecule has 0 spiro atoms. The summed E-state index contributed by atoms with van der Waals surface area (Å²) in [6.07, 6.45) is 2.37. The van der Waals surface area contributed by atoms with Crippen molar-refractivity contribution in [1.82, 2.24) is 20.0 Å². The molecule has 0 aliphatic carbocycles. The zero-order valence-corrected chi connectivity index (χ0v) is 16.9. The summed E-state index contributed by atoms with van der Waals surface area (Å²) in [4.78, 5) is 29.6. The number of rotatable bonds is 5. The minimum atomic E-state index is -0.402. The van der Waals surface area contributed by atoms with Crippen LogP contribution in [-0.2, 0) is 6.42 Å². The number of aromatic nitrogens is 2. The van der Waals surface area contributed by atoms with Gasteiger partial charge in [-0.15, -0.1) is 0 Å². The van der Waals surface area contributed by atoms with Crippen LogP contribution in [-0.4, -0.2) is 33.3 Å². The Hall–Kier alpha value is -2.86. The van der Waals surface area contributed by atoms with Crippen molar-refractivity contribution in [2.75, 3.05) is 6.54 Å². The topological polar surface area (TPSA) is 75.5 Å². The molecule has 3 rings (SSSR count). The van der Waals surface area contributed by atoms with Gasteiger partial charge in [-0.05, 0) is 57.0 Å². The van der Waals surface area contributed by atoms with Crippen molar-refractivity contribution in [3.8, 4) is 0 Å². The first-order valence-electron chi connectivity index (χ1n) is 9.07. The van der Waals surface area contributed by atoms with Crippen molar-refractivity contribution in [3.05, 3.63) is 70.8 Å². The van der Waals surface area contributed by atoms with E-state index in [-0.39, 0.29) is 23.3 Å². The molecule has 2 amide bonds. The molecule has 0 saturated carbocycles. The number of benzene rings is 1. The van der Waals surface area contributed by atoms with Gasteiger partial charge in [-0.3, -0.25) is 14.0 Å². The predicted molar refractivity (Wildman–Crippen MR) is 110 cm³/mol. The molecular weight excluding hydrogens is 376 g/mol. The zero-order valence-electron chi connectivity index (χ0n) is 16.1. The van der Waals surface area contributed by atoms with Gasteiger partial charge in [0.25, 0.3) is 11.8 Å². The highest BCUT2D eigenvalue weighted by Gasteiger charge is 2.23. The molecule has 0 atom stereocenters. The van der Waals surface area contributed by atoms with E-state index in [0.29, 0.717) is 23.5 Å². The molecule has 3 aromatic rings. The first-order valence-corrected chi connectivity index (χ1v) is 9.44. The summed E-state index contributed by atoms with van der Waals surface area (Å²) in [5.74, 6) is -0.465. The second kappa shape index (κ2) is 8.02. The number of hydrogen-bond acceptors (Lipinski definition) is 3. The minimum Gasteiger partial charge on any atom is -0.349 e. The Bertz CT molecular complexity index is 1020. The van der Waals surface area contributed by atoms with E-state index >= 15 is 0 Å². The number of pyridine rings is 1. The van der Waals surface area contributed by atoms with Crippen LogP contribution >= 0.6 is 11.6 Å². The number of carbonyl (C=O) groups is 2. The molecule has 2 heterocycles. The molecule has 0 radical (unpaired) electrons. The van der Waals surface area contributed by atoms with Gasteiger partial charge in [-0.2, -0.15) is 0 Å². The average molecular weight is 399 g/mol. The fraction of sp³-hybridized carbons (Fsp3) is 0.286. The lowest BCUT2D eigenvalue weighted by Gasteiger charge is -2.19. The highest BCUT2D eigenvalue weighted by molar-refractivity contribution is 6.30. The maximum absolute atomic E-state index is 12.7. The number of hydrogen-bond donors (Lipinski definition) is 2. The van der Waals surface area contributed by atoms with Crippen molar-refractivity contribution in [2.45, 2.75) is 32.7 Å². The minimum absolute atomic E-state index is 0.181. The first kappa shape index (κ1) is 19.9. The van der Waals surface area contributed by atoms with Crippen molar-refractivity contribution in [3.63, 3.8) is 0 Å². The van der Waals surface area contributed by atoms with Crippen LogP contribution in [0, 0.1) is 0 Å². The fourth-order valence-corrected chi connectivity index (χ4v) is 3.07. The van der Waals surface area contributed by atoms with Crippen molar-refractivity contribution >= 4 is 28.9 Å². The van der Waals surface area contributed by atoms with Gasteiger partial charge < -0.3 is 10.6 Å². The molecule has 0 fully saturated rings. The molecule has 2 N–H and O–H groups in total. The lowest BCUT2D eigenvalue weighted by molar-refractivity contribution is 0.0916. The molecule has 0 unspecified atom stereocenters. The van der Waals surface area contributed by atoms with Crippen LogP contribution in [0.2, 0.25) is 5.02 Å². The van der Waals surface area contributed by atoms with Gasteiger partial charge in [0.15, 0.2) is 5.69 Å². The quantitative estimate of drug-likeness (QED) is 0.690. The maximum atomic E-state index is 12.7. The Morgan fingerprint density at radius 2 is 1.89 bits per heavy atom. The van der Waals surface area contributed by atoms with Crippen LogP contribution in [0.25, 0.3) is 5.52 Å². The molecule has 0 aliphatic rings. The molecule has 7 heteroatoms. The summed E-state index contributed by atoms with van der Waals surface area (Å²) in [7, 11) is 0. The van der Waals surface area contributed by atoms with E-state index in [4.69, 9.17) is 11.6 Å². The molecule has 6 nitrogen and oxygen atoms in total. The maximum Gasteiger partial charge on any atom is 0.287 e. The molecule has 0 aliphatic heterocycles. The van der Waals surface area contributed by atoms with Crippen LogP contribution in [0.3, 0.4) is 0 Å². The smallest absolute Gasteiger partial charge is 0.287 e. The molecule has 0 bridgehead atoms. The molecule has 2 aromatic heterocycles. The number of fused-ring (bicyclic) bond motifs is 1. The van der Waals surface area contributed by atoms with E-state index in [1.54, 1.807) is 22.7 Å². The third-order valence-electron chi connectivity index (χ3n) is 4.04. The standard InChI is InChI=1S/C21H23ClN4O2/c1-21(2,3)25-19(27)17-16-9-4-5-12-26(16)18(24-17)20(28)23-11-10-14-7-6-8-15(22)13-14/h4-9,12-13H,10-11H2,1-3H3,(H,23,28)(H,25,27). The van der Waals surface area contributed by atoms with Gasteiger partial charge in [0, 0.05) is 23.3 Å². The largest absolute Gasteiger partial charge is 0.349 e. The molecule has 146 valence electrons. The van der Waals surface area contributed by atoms with Gasteiger partial charge in [0.1, 0.15) is 0 Å². The van der Waals surface area contributed by atoms with Crippen LogP contribution in [0.15, 0.2) is 48.7 Å². The van der Waals surface area contributed by atoms with Gasteiger partial charge in [0.05, 0.1) is 5.52 Å². The molecule has 28 heavy (non-hydrogen) atoms. The Labute approximate surface area is 168 Å². The highest BCUT2D eigenvalue weighted by atomic mass is 35.5.